The summed E-state index contributed by atoms with van der Waals surface area (Å²) in [5.41, 5.74) is 0. The van der Waals surface area contributed by atoms with Crippen LogP contribution in [0.1, 0.15) is 52.4 Å². The second-order valence-corrected chi connectivity index (χ2v) is 9.99. The van der Waals surface area contributed by atoms with E-state index < -0.39 is 30.5 Å². The van der Waals surface area contributed by atoms with Gasteiger partial charge in [0.25, 0.3) is 2.62 Å². The van der Waals surface area contributed by atoms with Crippen LogP contribution in [0.5, 0.6) is 0 Å². The first-order valence-electron chi connectivity index (χ1n) is 5.72. The van der Waals surface area contributed by atoms with Gasteiger partial charge in [-0.25, -0.2) is 0 Å². The fraction of sp³-hybridized carbons (Fsp3) is 1.00. The molecule has 0 fully saturated rings. The highest BCUT2D eigenvalue weighted by Crippen LogP contribution is 1.90. The van der Waals surface area contributed by atoms with Gasteiger partial charge in [-0.1, -0.05) is 26.7 Å². The topological polar surface area (TPSA) is 78.4 Å². The zero-order chi connectivity index (χ0) is 12.4. The quantitative estimate of drug-likeness (QED) is 0.231. The Morgan fingerprint density at radius 2 is 1.31 bits per heavy atom. The Morgan fingerprint density at radius 3 is 1.62 bits per heavy atom. The lowest BCUT2D eigenvalue weighted by molar-refractivity contribution is -1.95. The molecular formula is C10H22ClIO4+. The third-order valence-electron chi connectivity index (χ3n) is 2.05. The molecule has 0 aromatic heterocycles. The molecule has 4 nitrogen and oxygen atoms in total. The number of hydrogen-bond acceptors (Lipinski definition) is 4. The average Bonchev–Trinajstić information content (AvgIpc) is 2.16. The molecule has 0 aliphatic carbocycles. The van der Waals surface area contributed by atoms with E-state index >= 15 is 0 Å². The largest absolute Gasteiger partial charge is 0.408 e. The lowest BCUT2D eigenvalue weighted by Gasteiger charge is -2.09. The van der Waals surface area contributed by atoms with Crippen LogP contribution in [0.15, 0.2) is 0 Å². The van der Waals surface area contributed by atoms with Crippen molar-refractivity contribution in [2.24, 2.45) is 0 Å². The van der Waals surface area contributed by atoms with E-state index in [2.05, 4.69) is 16.5 Å². The molecule has 0 bridgehead atoms. The van der Waals surface area contributed by atoms with Crippen LogP contribution >= 0.6 is 0 Å². The summed E-state index contributed by atoms with van der Waals surface area (Å²) >= 11 is -2.01. The lowest BCUT2D eigenvalue weighted by atomic mass is 10.3. The number of halogens is 2. The maximum absolute atomic E-state index is 10.5. The Bertz CT molecular complexity index is 153. The van der Waals surface area contributed by atoms with Crippen LogP contribution in [0, 0.1) is 10.2 Å². The zero-order valence-corrected chi connectivity index (χ0v) is 13.0. The van der Waals surface area contributed by atoms with E-state index in [0.717, 1.165) is 47.4 Å². The smallest absolute Gasteiger partial charge is 0.179 e. The molecule has 0 aromatic rings. The summed E-state index contributed by atoms with van der Waals surface area (Å²) in [6.07, 6.45) is 6.33. The minimum absolute atomic E-state index is 0.815. The summed E-state index contributed by atoms with van der Waals surface area (Å²) in [5.74, 6) is 0. The van der Waals surface area contributed by atoms with Crippen LogP contribution < -0.4 is 34.2 Å². The summed E-state index contributed by atoms with van der Waals surface area (Å²) in [5, 5.41) is 0. The Hall–Kier alpha value is 0.860. The van der Waals surface area contributed by atoms with Crippen LogP contribution in [-0.2, 0) is 2.62 Å². The van der Waals surface area contributed by atoms with Gasteiger partial charge in [0.2, 0.25) is 0 Å². The molecular weight excluding hydrogens is 346 g/mol. The van der Waals surface area contributed by atoms with Crippen molar-refractivity contribution in [2.45, 2.75) is 52.4 Å². The highest BCUT2D eigenvalue weighted by atomic mass is 127. The molecule has 0 saturated carbocycles. The highest BCUT2D eigenvalue weighted by Gasteiger charge is 2.40. The second-order valence-electron chi connectivity index (χ2n) is 3.64. The van der Waals surface area contributed by atoms with Gasteiger partial charge in [0.15, 0.2) is 0 Å². The van der Waals surface area contributed by atoms with Crippen LogP contribution in [-0.4, -0.2) is 8.86 Å². The summed E-state index contributed by atoms with van der Waals surface area (Å²) in [7, 11) is -4.21. The standard InChI is InChI=1S/C10H22ClIO4/c1-3-5-7-9-12(10-8-6-4-2)16-11(13,14)15/h3-10H2,1-2H3/q+1. The Balaban J connectivity index is 3.85. The molecule has 0 rings (SSSR count). The summed E-state index contributed by atoms with van der Waals surface area (Å²) in [4.78, 5) is 0. The van der Waals surface area contributed by atoms with E-state index in [1.54, 1.807) is 0 Å². The van der Waals surface area contributed by atoms with Crippen LogP contribution in [0.2, 0.25) is 0 Å². The van der Waals surface area contributed by atoms with Gasteiger partial charge in [-0.3, -0.25) is 0 Å². The maximum Gasteiger partial charge on any atom is 0.408 e. The molecule has 6 heteroatoms. The average molecular weight is 369 g/mol. The summed E-state index contributed by atoms with van der Waals surface area (Å²) < 4.78 is 37.9. The van der Waals surface area contributed by atoms with Gasteiger partial charge in [0, 0.05) is 0 Å². The van der Waals surface area contributed by atoms with Crippen molar-refractivity contribution >= 4 is 0 Å². The first-order valence-corrected chi connectivity index (χ1v) is 10.9. The normalized spacial score (nSPS) is 12.4. The monoisotopic (exact) mass is 368 g/mol. The number of unbranched alkanes of at least 4 members (excludes halogenated alkanes) is 4. The predicted molar refractivity (Wildman–Crippen MR) is 49.9 cm³/mol. The van der Waals surface area contributed by atoms with Crippen molar-refractivity contribution < 1.29 is 47.1 Å². The van der Waals surface area contributed by atoms with E-state index in [1.807, 2.05) is 0 Å². The van der Waals surface area contributed by atoms with Crippen LogP contribution in [0.3, 0.4) is 0 Å². The SMILES string of the molecule is CCCCC[I+](CCCCC)O[Cl+3]([O-])([O-])[O-]. The second kappa shape index (κ2) is 9.85. The Kier molecular flexibility index (Phi) is 10.4. The fourth-order valence-corrected chi connectivity index (χ4v) is 7.61. The van der Waals surface area contributed by atoms with Gasteiger partial charge in [-0.2, -0.15) is 14.0 Å². The highest BCUT2D eigenvalue weighted by molar-refractivity contribution is 4.35. The van der Waals surface area contributed by atoms with Crippen molar-refractivity contribution in [2.75, 3.05) is 8.86 Å². The maximum atomic E-state index is 10.5. The molecule has 0 aliphatic heterocycles. The molecule has 0 heterocycles. The summed E-state index contributed by atoms with van der Waals surface area (Å²) in [6.45, 7) is 4.19. The zero-order valence-electron chi connectivity index (χ0n) is 10.0. The molecule has 0 atom stereocenters. The molecule has 16 heavy (non-hydrogen) atoms. The van der Waals surface area contributed by atoms with E-state index in [4.69, 9.17) is 0 Å². The predicted octanol–water partition coefficient (Wildman–Crippen LogP) is -3.18. The van der Waals surface area contributed by atoms with Gasteiger partial charge in [0.1, 0.15) is 19.1 Å². The first-order chi connectivity index (χ1) is 7.49. The van der Waals surface area contributed by atoms with Crippen molar-refractivity contribution in [1.29, 1.82) is 0 Å². The molecule has 99 valence electrons. The number of hydrogen-bond donors (Lipinski definition) is 0. The van der Waals surface area contributed by atoms with Gasteiger partial charge in [0.05, 0.1) is 0 Å². The minimum Gasteiger partial charge on any atom is -0.179 e. The van der Waals surface area contributed by atoms with Crippen molar-refractivity contribution in [3.05, 3.63) is 0 Å². The minimum atomic E-state index is -4.21. The molecule has 0 spiro atoms. The van der Waals surface area contributed by atoms with E-state index in [1.165, 1.54) is 0 Å². The van der Waals surface area contributed by atoms with E-state index in [-0.39, 0.29) is 0 Å². The van der Waals surface area contributed by atoms with Crippen LogP contribution in [0.4, 0.5) is 0 Å². The first kappa shape index (κ1) is 16.9. The third-order valence-corrected chi connectivity index (χ3v) is 8.93. The molecule has 0 unspecified atom stereocenters. The van der Waals surface area contributed by atoms with Crippen molar-refractivity contribution in [3.8, 4) is 0 Å². The molecule has 0 amide bonds. The molecule has 0 aromatic carbocycles. The van der Waals surface area contributed by atoms with Crippen molar-refractivity contribution in [3.63, 3.8) is 0 Å². The number of rotatable bonds is 10. The third kappa shape index (κ3) is 11.3. The van der Waals surface area contributed by atoms with Crippen LogP contribution in [0.25, 0.3) is 0 Å². The van der Waals surface area contributed by atoms with Gasteiger partial charge in [-0.05, 0) is 25.7 Å². The van der Waals surface area contributed by atoms with Crippen molar-refractivity contribution in [1.82, 2.24) is 0 Å². The molecule has 0 N–H and O–H groups in total. The number of alkyl halides is 2. The summed E-state index contributed by atoms with van der Waals surface area (Å²) in [6, 6.07) is 0. The lowest BCUT2D eigenvalue weighted by Crippen LogP contribution is -3.87. The molecule has 1 radical (unpaired) electrons. The van der Waals surface area contributed by atoms with Gasteiger partial charge in [-0.15, -0.1) is 0 Å². The van der Waals surface area contributed by atoms with Gasteiger partial charge < -0.3 is 0 Å². The Labute approximate surface area is 108 Å². The van der Waals surface area contributed by atoms with Gasteiger partial charge >= 0.3 is 20.2 Å². The van der Waals surface area contributed by atoms with E-state index in [0.29, 0.717) is 0 Å². The Morgan fingerprint density at radius 1 is 0.875 bits per heavy atom. The molecule has 0 saturated heterocycles. The van der Waals surface area contributed by atoms with E-state index in [9.17, 15) is 14.0 Å². The fourth-order valence-electron chi connectivity index (χ4n) is 1.24. The molecule has 0 aliphatic rings.